The lowest BCUT2D eigenvalue weighted by molar-refractivity contribution is 0.186. The Kier molecular flexibility index (Phi) is 4.84. The van der Waals surface area contributed by atoms with Crippen LogP contribution in [0.15, 0.2) is 18.2 Å². The fourth-order valence-corrected chi connectivity index (χ4v) is 2.37. The van der Waals surface area contributed by atoms with Gasteiger partial charge in [0.2, 0.25) is 0 Å². The number of urea groups is 1. The standard InChI is InChI=1S/C15H23N3O2/c1-11-5-7-18(8-6-11)15(19)17-13-4-3-12(10-16)9-14(13)20-2/h3-4,9,11H,5-8,10,16H2,1-2H3,(H,17,19). The molecule has 0 atom stereocenters. The molecule has 0 unspecified atom stereocenters. The van der Waals surface area contributed by atoms with E-state index in [2.05, 4.69) is 12.2 Å². The highest BCUT2D eigenvalue weighted by molar-refractivity contribution is 5.91. The molecule has 1 aromatic rings. The molecule has 0 aromatic heterocycles. The summed E-state index contributed by atoms with van der Waals surface area (Å²) in [6, 6.07) is 5.53. The number of amides is 2. The Morgan fingerprint density at radius 3 is 2.75 bits per heavy atom. The van der Waals surface area contributed by atoms with Crippen LogP contribution in [0.2, 0.25) is 0 Å². The zero-order chi connectivity index (χ0) is 14.5. The molecule has 1 fully saturated rings. The lowest BCUT2D eigenvalue weighted by atomic mass is 10.00. The fourth-order valence-electron chi connectivity index (χ4n) is 2.37. The summed E-state index contributed by atoms with van der Waals surface area (Å²) in [5, 5.41) is 2.92. The molecule has 0 spiro atoms. The Morgan fingerprint density at radius 2 is 2.15 bits per heavy atom. The van der Waals surface area contributed by atoms with Gasteiger partial charge in [-0.2, -0.15) is 0 Å². The number of methoxy groups -OCH3 is 1. The van der Waals surface area contributed by atoms with Crippen molar-refractivity contribution in [3.8, 4) is 5.75 Å². The van der Waals surface area contributed by atoms with Gasteiger partial charge in [0.15, 0.2) is 0 Å². The molecule has 1 aliphatic rings. The molecule has 1 aliphatic heterocycles. The number of piperidine rings is 1. The van der Waals surface area contributed by atoms with Crippen LogP contribution in [0.4, 0.5) is 10.5 Å². The second-order valence-corrected chi connectivity index (χ2v) is 5.34. The van der Waals surface area contributed by atoms with Crippen molar-refractivity contribution in [2.75, 3.05) is 25.5 Å². The highest BCUT2D eigenvalue weighted by Gasteiger charge is 2.21. The molecule has 20 heavy (non-hydrogen) atoms. The molecule has 2 amide bonds. The number of carbonyl (C=O) groups is 1. The van der Waals surface area contributed by atoms with Gasteiger partial charge in [-0.25, -0.2) is 4.79 Å². The van der Waals surface area contributed by atoms with Gasteiger partial charge in [0.1, 0.15) is 5.75 Å². The number of ether oxygens (including phenoxy) is 1. The van der Waals surface area contributed by atoms with Gasteiger partial charge in [-0.1, -0.05) is 13.0 Å². The summed E-state index contributed by atoms with van der Waals surface area (Å²) in [7, 11) is 1.59. The van der Waals surface area contributed by atoms with Crippen LogP contribution in [0.1, 0.15) is 25.3 Å². The third kappa shape index (κ3) is 3.42. The SMILES string of the molecule is COc1cc(CN)ccc1NC(=O)N1CCC(C)CC1. The Hall–Kier alpha value is -1.75. The van der Waals surface area contributed by atoms with Gasteiger partial charge >= 0.3 is 6.03 Å². The minimum Gasteiger partial charge on any atom is -0.495 e. The quantitative estimate of drug-likeness (QED) is 0.891. The maximum Gasteiger partial charge on any atom is 0.321 e. The summed E-state index contributed by atoms with van der Waals surface area (Å²) in [6.45, 7) is 4.31. The Balaban J connectivity index is 2.03. The average Bonchev–Trinajstić information content (AvgIpc) is 2.48. The summed E-state index contributed by atoms with van der Waals surface area (Å²) in [5.74, 6) is 1.35. The van der Waals surface area contributed by atoms with Crippen LogP contribution in [0.5, 0.6) is 5.75 Å². The lowest BCUT2D eigenvalue weighted by Gasteiger charge is -2.30. The summed E-state index contributed by atoms with van der Waals surface area (Å²) in [6.07, 6.45) is 2.13. The second kappa shape index (κ2) is 6.61. The van der Waals surface area contributed by atoms with E-state index >= 15 is 0 Å². The van der Waals surface area contributed by atoms with Gasteiger partial charge in [0.25, 0.3) is 0 Å². The number of anilines is 1. The van der Waals surface area contributed by atoms with E-state index in [1.165, 1.54) is 0 Å². The first kappa shape index (κ1) is 14.7. The summed E-state index contributed by atoms with van der Waals surface area (Å²) >= 11 is 0. The molecule has 5 nitrogen and oxygen atoms in total. The van der Waals surface area contributed by atoms with Crippen LogP contribution in [-0.2, 0) is 6.54 Å². The van der Waals surface area contributed by atoms with E-state index in [0.29, 0.717) is 23.9 Å². The molecule has 0 bridgehead atoms. The molecule has 1 heterocycles. The number of nitrogens with two attached hydrogens (primary N) is 1. The van der Waals surface area contributed by atoms with Crippen molar-refractivity contribution in [2.45, 2.75) is 26.3 Å². The smallest absolute Gasteiger partial charge is 0.321 e. The summed E-state index contributed by atoms with van der Waals surface area (Å²) < 4.78 is 5.30. The van der Waals surface area contributed by atoms with Crippen molar-refractivity contribution in [3.63, 3.8) is 0 Å². The Morgan fingerprint density at radius 1 is 1.45 bits per heavy atom. The first-order valence-electron chi connectivity index (χ1n) is 7.07. The van der Waals surface area contributed by atoms with Gasteiger partial charge in [-0.3, -0.25) is 0 Å². The largest absolute Gasteiger partial charge is 0.495 e. The van der Waals surface area contributed by atoms with Crippen LogP contribution in [0.25, 0.3) is 0 Å². The topological polar surface area (TPSA) is 67.6 Å². The van der Waals surface area contributed by atoms with Gasteiger partial charge < -0.3 is 20.7 Å². The fraction of sp³-hybridized carbons (Fsp3) is 0.533. The minimum absolute atomic E-state index is 0.0595. The predicted octanol–water partition coefficient (Wildman–Crippen LogP) is 2.42. The zero-order valence-corrected chi connectivity index (χ0v) is 12.2. The third-order valence-electron chi connectivity index (χ3n) is 3.81. The first-order valence-corrected chi connectivity index (χ1v) is 7.07. The number of hydrogen-bond acceptors (Lipinski definition) is 3. The highest BCUT2D eigenvalue weighted by Crippen LogP contribution is 2.26. The molecular formula is C15H23N3O2. The maximum atomic E-state index is 12.2. The normalized spacial score (nSPS) is 16.1. The van der Waals surface area contributed by atoms with Crippen LogP contribution in [-0.4, -0.2) is 31.1 Å². The van der Waals surface area contributed by atoms with E-state index in [0.717, 1.165) is 31.5 Å². The molecular weight excluding hydrogens is 254 g/mol. The number of carbonyl (C=O) groups excluding carboxylic acids is 1. The second-order valence-electron chi connectivity index (χ2n) is 5.34. The third-order valence-corrected chi connectivity index (χ3v) is 3.81. The van der Waals surface area contributed by atoms with E-state index in [1.807, 2.05) is 23.1 Å². The molecule has 5 heteroatoms. The maximum absolute atomic E-state index is 12.2. The van der Waals surface area contributed by atoms with Gasteiger partial charge in [-0.05, 0) is 36.5 Å². The van der Waals surface area contributed by atoms with Gasteiger partial charge in [0, 0.05) is 19.6 Å². The number of nitrogens with zero attached hydrogens (tertiary/aromatic N) is 1. The first-order chi connectivity index (χ1) is 9.63. The summed E-state index contributed by atoms with van der Waals surface area (Å²) in [4.78, 5) is 14.1. The number of likely N-dealkylation sites (tertiary alicyclic amines) is 1. The van der Waals surface area contributed by atoms with Crippen molar-refractivity contribution < 1.29 is 9.53 Å². The van der Waals surface area contributed by atoms with E-state index in [4.69, 9.17) is 10.5 Å². The number of benzene rings is 1. The van der Waals surface area contributed by atoms with Crippen LogP contribution in [0, 0.1) is 5.92 Å². The van der Waals surface area contributed by atoms with Crippen molar-refractivity contribution in [1.29, 1.82) is 0 Å². The van der Waals surface area contributed by atoms with Crippen LogP contribution < -0.4 is 15.8 Å². The minimum atomic E-state index is -0.0595. The van der Waals surface area contributed by atoms with Crippen molar-refractivity contribution in [2.24, 2.45) is 11.7 Å². The van der Waals surface area contributed by atoms with Crippen molar-refractivity contribution in [1.82, 2.24) is 4.90 Å². The van der Waals surface area contributed by atoms with E-state index in [-0.39, 0.29) is 6.03 Å². The van der Waals surface area contributed by atoms with Crippen molar-refractivity contribution >= 4 is 11.7 Å². The molecule has 110 valence electrons. The van der Waals surface area contributed by atoms with E-state index in [1.54, 1.807) is 7.11 Å². The molecule has 3 N–H and O–H groups in total. The summed E-state index contributed by atoms with van der Waals surface area (Å²) in [5.41, 5.74) is 7.27. The molecule has 2 rings (SSSR count). The lowest BCUT2D eigenvalue weighted by Crippen LogP contribution is -2.40. The van der Waals surface area contributed by atoms with Crippen LogP contribution >= 0.6 is 0 Å². The van der Waals surface area contributed by atoms with E-state index in [9.17, 15) is 4.79 Å². The average molecular weight is 277 g/mol. The van der Waals surface area contributed by atoms with Crippen molar-refractivity contribution in [3.05, 3.63) is 23.8 Å². The van der Waals surface area contributed by atoms with Crippen LogP contribution in [0.3, 0.4) is 0 Å². The Bertz CT molecular complexity index is 468. The number of nitrogens with one attached hydrogen (secondary N) is 1. The molecule has 0 saturated carbocycles. The number of rotatable bonds is 3. The molecule has 1 aromatic carbocycles. The monoisotopic (exact) mass is 277 g/mol. The van der Waals surface area contributed by atoms with Gasteiger partial charge in [-0.15, -0.1) is 0 Å². The molecule has 0 radical (unpaired) electrons. The number of hydrogen-bond donors (Lipinski definition) is 2. The van der Waals surface area contributed by atoms with Gasteiger partial charge in [0.05, 0.1) is 12.8 Å². The van der Waals surface area contributed by atoms with E-state index < -0.39 is 0 Å². The zero-order valence-electron chi connectivity index (χ0n) is 12.2. The predicted molar refractivity (Wildman–Crippen MR) is 79.9 cm³/mol. The Labute approximate surface area is 120 Å². The molecule has 0 aliphatic carbocycles. The highest BCUT2D eigenvalue weighted by atomic mass is 16.5. The molecule has 1 saturated heterocycles.